The predicted molar refractivity (Wildman–Crippen MR) is 79.3 cm³/mol. The number of pyridine rings is 1. The summed E-state index contributed by atoms with van der Waals surface area (Å²) in [6, 6.07) is 0. The second-order valence-electron chi connectivity index (χ2n) is 5.13. The minimum atomic E-state index is 0.759. The normalized spacial score (nSPS) is 11.4. The lowest BCUT2D eigenvalue weighted by Gasteiger charge is -2.10. The minimum absolute atomic E-state index is 0.759. The van der Waals surface area contributed by atoms with Gasteiger partial charge in [-0.15, -0.1) is 0 Å². The summed E-state index contributed by atoms with van der Waals surface area (Å²) in [7, 11) is 0. The van der Waals surface area contributed by atoms with Crippen LogP contribution in [0.3, 0.4) is 0 Å². The second-order valence-corrected chi connectivity index (χ2v) is 5.13. The molecule has 104 valence electrons. The fourth-order valence-corrected chi connectivity index (χ4v) is 2.50. The van der Waals surface area contributed by atoms with Gasteiger partial charge in [-0.3, -0.25) is 4.98 Å². The van der Waals surface area contributed by atoms with Crippen molar-refractivity contribution in [2.24, 2.45) is 5.73 Å². The van der Waals surface area contributed by atoms with Crippen molar-refractivity contribution in [1.82, 2.24) is 14.5 Å². The minimum Gasteiger partial charge on any atom is -0.330 e. The SMILES string of the molecule is CCCc1nc2cnc(C)c(C)c2n1CCCCN. The molecule has 4 nitrogen and oxygen atoms in total. The van der Waals surface area contributed by atoms with Gasteiger partial charge >= 0.3 is 0 Å². The maximum atomic E-state index is 5.60. The van der Waals surface area contributed by atoms with E-state index in [1.807, 2.05) is 6.20 Å². The molecule has 0 spiro atoms. The first-order valence-electron chi connectivity index (χ1n) is 7.20. The van der Waals surface area contributed by atoms with Crippen molar-refractivity contribution < 1.29 is 0 Å². The number of imidazole rings is 1. The van der Waals surface area contributed by atoms with E-state index < -0.39 is 0 Å². The molecule has 2 heterocycles. The lowest BCUT2D eigenvalue weighted by molar-refractivity contribution is 0.597. The van der Waals surface area contributed by atoms with E-state index >= 15 is 0 Å². The Balaban J connectivity index is 2.47. The van der Waals surface area contributed by atoms with E-state index in [1.54, 1.807) is 0 Å². The number of rotatable bonds is 6. The highest BCUT2D eigenvalue weighted by Crippen LogP contribution is 2.22. The van der Waals surface area contributed by atoms with Gasteiger partial charge < -0.3 is 10.3 Å². The molecule has 0 atom stereocenters. The molecular formula is C15H24N4. The van der Waals surface area contributed by atoms with Gasteiger partial charge in [-0.1, -0.05) is 6.92 Å². The molecule has 0 aliphatic carbocycles. The Morgan fingerprint density at radius 2 is 2.05 bits per heavy atom. The van der Waals surface area contributed by atoms with Gasteiger partial charge in [-0.25, -0.2) is 4.98 Å². The summed E-state index contributed by atoms with van der Waals surface area (Å²) < 4.78 is 2.37. The van der Waals surface area contributed by atoms with Crippen molar-refractivity contribution in [3.05, 3.63) is 23.3 Å². The third-order valence-electron chi connectivity index (χ3n) is 3.66. The van der Waals surface area contributed by atoms with Gasteiger partial charge in [0.05, 0.1) is 11.7 Å². The molecule has 2 aromatic heterocycles. The van der Waals surface area contributed by atoms with Crippen molar-refractivity contribution >= 4 is 11.0 Å². The van der Waals surface area contributed by atoms with Gasteiger partial charge in [0.1, 0.15) is 11.3 Å². The molecule has 2 N–H and O–H groups in total. The highest BCUT2D eigenvalue weighted by Gasteiger charge is 2.13. The molecule has 0 aliphatic heterocycles. The molecule has 19 heavy (non-hydrogen) atoms. The summed E-state index contributed by atoms with van der Waals surface area (Å²) in [6.07, 6.45) is 6.21. The fraction of sp³-hybridized carbons (Fsp3) is 0.600. The average molecular weight is 260 g/mol. The molecule has 0 radical (unpaired) electrons. The van der Waals surface area contributed by atoms with Gasteiger partial charge in [0, 0.05) is 18.7 Å². The predicted octanol–water partition coefficient (Wildman–Crippen LogP) is 2.74. The summed E-state index contributed by atoms with van der Waals surface area (Å²) in [5, 5.41) is 0. The van der Waals surface area contributed by atoms with Gasteiger partial charge in [0.25, 0.3) is 0 Å². The summed E-state index contributed by atoms with van der Waals surface area (Å²) in [5.41, 5.74) is 10.2. The molecule has 2 rings (SSSR count). The number of hydrogen-bond donors (Lipinski definition) is 1. The van der Waals surface area contributed by atoms with E-state index in [9.17, 15) is 0 Å². The third-order valence-corrected chi connectivity index (χ3v) is 3.66. The van der Waals surface area contributed by atoms with Crippen LogP contribution in [-0.4, -0.2) is 21.1 Å². The zero-order chi connectivity index (χ0) is 13.8. The Labute approximate surface area is 115 Å². The van der Waals surface area contributed by atoms with E-state index in [1.165, 1.54) is 16.9 Å². The Morgan fingerprint density at radius 3 is 2.74 bits per heavy atom. The molecule has 0 aromatic carbocycles. The van der Waals surface area contributed by atoms with Crippen molar-refractivity contribution in [3.63, 3.8) is 0 Å². The van der Waals surface area contributed by atoms with Gasteiger partial charge in [-0.2, -0.15) is 0 Å². The van der Waals surface area contributed by atoms with E-state index in [2.05, 4.69) is 30.3 Å². The van der Waals surface area contributed by atoms with Crippen LogP contribution in [0.25, 0.3) is 11.0 Å². The molecule has 0 bridgehead atoms. The van der Waals surface area contributed by atoms with E-state index in [-0.39, 0.29) is 0 Å². The molecule has 0 fully saturated rings. The highest BCUT2D eigenvalue weighted by molar-refractivity contribution is 5.79. The number of hydrogen-bond acceptors (Lipinski definition) is 3. The Kier molecular flexibility index (Phi) is 4.53. The fourth-order valence-electron chi connectivity index (χ4n) is 2.50. The summed E-state index contributed by atoms with van der Waals surface area (Å²) >= 11 is 0. The smallest absolute Gasteiger partial charge is 0.109 e. The highest BCUT2D eigenvalue weighted by atomic mass is 15.1. The molecular weight excluding hydrogens is 236 g/mol. The summed E-state index contributed by atoms with van der Waals surface area (Å²) in [6.45, 7) is 8.16. The third kappa shape index (κ3) is 2.78. The molecule has 4 heteroatoms. The molecule has 0 saturated heterocycles. The van der Waals surface area contributed by atoms with Gasteiger partial charge in [-0.05, 0) is 45.2 Å². The van der Waals surface area contributed by atoms with Crippen LogP contribution < -0.4 is 5.73 Å². The van der Waals surface area contributed by atoms with Crippen LogP contribution in [0.5, 0.6) is 0 Å². The maximum absolute atomic E-state index is 5.60. The van der Waals surface area contributed by atoms with Crippen LogP contribution in [0.2, 0.25) is 0 Å². The number of fused-ring (bicyclic) bond motifs is 1. The lowest BCUT2D eigenvalue weighted by Crippen LogP contribution is -2.07. The lowest BCUT2D eigenvalue weighted by atomic mass is 10.2. The molecule has 0 amide bonds. The number of unbranched alkanes of at least 4 members (excludes halogenated alkanes) is 1. The summed E-state index contributed by atoms with van der Waals surface area (Å²) in [5.74, 6) is 1.19. The Hall–Kier alpha value is -1.42. The Bertz CT molecular complexity index is 557. The number of nitrogens with two attached hydrogens (primary N) is 1. The Morgan fingerprint density at radius 1 is 1.26 bits per heavy atom. The number of nitrogens with zero attached hydrogens (tertiary/aromatic N) is 3. The van der Waals surface area contributed by atoms with Crippen LogP contribution in [0.1, 0.15) is 43.3 Å². The zero-order valence-electron chi connectivity index (χ0n) is 12.2. The van der Waals surface area contributed by atoms with E-state index in [4.69, 9.17) is 10.7 Å². The largest absolute Gasteiger partial charge is 0.330 e. The zero-order valence-corrected chi connectivity index (χ0v) is 12.2. The van der Waals surface area contributed by atoms with E-state index in [0.29, 0.717) is 0 Å². The first-order valence-corrected chi connectivity index (χ1v) is 7.20. The van der Waals surface area contributed by atoms with Crippen LogP contribution in [0.4, 0.5) is 0 Å². The number of aromatic nitrogens is 3. The van der Waals surface area contributed by atoms with Crippen molar-refractivity contribution in [2.75, 3.05) is 6.54 Å². The molecule has 0 saturated carbocycles. The molecule has 2 aromatic rings. The first-order chi connectivity index (χ1) is 9.19. The average Bonchev–Trinajstić information content (AvgIpc) is 2.74. The monoisotopic (exact) mass is 260 g/mol. The van der Waals surface area contributed by atoms with Crippen LogP contribution in [0.15, 0.2) is 6.20 Å². The van der Waals surface area contributed by atoms with Crippen molar-refractivity contribution in [2.45, 2.75) is 53.0 Å². The second kappa shape index (κ2) is 6.15. The van der Waals surface area contributed by atoms with Gasteiger partial charge in [0.2, 0.25) is 0 Å². The van der Waals surface area contributed by atoms with Crippen LogP contribution in [0, 0.1) is 13.8 Å². The van der Waals surface area contributed by atoms with Gasteiger partial charge in [0.15, 0.2) is 0 Å². The van der Waals surface area contributed by atoms with E-state index in [0.717, 1.165) is 50.0 Å². The van der Waals surface area contributed by atoms with Crippen LogP contribution >= 0.6 is 0 Å². The standard InChI is InChI=1S/C15H24N4/c1-4-7-14-18-13-10-17-12(3)11(2)15(13)19(14)9-6-5-8-16/h10H,4-9,16H2,1-3H3. The van der Waals surface area contributed by atoms with Crippen LogP contribution in [-0.2, 0) is 13.0 Å². The topological polar surface area (TPSA) is 56.7 Å². The molecule has 0 unspecified atom stereocenters. The quantitative estimate of drug-likeness (QED) is 0.812. The maximum Gasteiger partial charge on any atom is 0.109 e. The summed E-state index contributed by atoms with van der Waals surface area (Å²) in [4.78, 5) is 9.17. The number of aryl methyl sites for hydroxylation is 4. The molecule has 0 aliphatic rings. The first kappa shape index (κ1) is 14.0. The van der Waals surface area contributed by atoms with Crippen molar-refractivity contribution in [3.8, 4) is 0 Å². The van der Waals surface area contributed by atoms with Crippen molar-refractivity contribution in [1.29, 1.82) is 0 Å².